The molecule has 26 nitrogen and oxygen atoms in total. The minimum absolute atomic E-state index is 0.0243. The summed E-state index contributed by atoms with van der Waals surface area (Å²) in [7, 11) is -7.47. The van der Waals surface area contributed by atoms with Crippen LogP contribution in [0.1, 0.15) is 227 Å². The van der Waals surface area contributed by atoms with E-state index in [4.69, 9.17) is 43.4 Å². The average molecular weight is 1670 g/mol. The highest BCUT2D eigenvalue weighted by atomic mass is 35.5. The number of aliphatic hydroxyl groups is 2. The maximum absolute atomic E-state index is 15.0. The Labute approximate surface area is 686 Å². The molecule has 4 aromatic rings. The molecule has 2 aromatic carbocycles. The topological polar surface area (TPSA) is 391 Å². The van der Waals surface area contributed by atoms with Gasteiger partial charge in [-0.15, -0.1) is 0 Å². The number of hydrogen-bond acceptors (Lipinski definition) is 21. The first kappa shape index (κ1) is 89.7. The minimum Gasteiger partial charge on any atom is -0.480 e. The molecule has 2 aromatic heterocycles. The van der Waals surface area contributed by atoms with Crippen molar-refractivity contribution in [3.8, 4) is 11.8 Å². The molecule has 628 valence electrons. The number of pyridine rings is 2. The fourth-order valence-corrected chi connectivity index (χ4v) is 19.3. The number of nitrogens with one attached hydrogen (secondary N) is 2. The Bertz CT molecular complexity index is 4420. The molecular weight excluding hydrogens is 1550 g/mol. The number of carbonyl (C=O) groups is 8. The quantitative estimate of drug-likeness (QED) is 0.0264. The number of Topliss-reactive ketones (excluding diaryl/α,β-unsaturated/α-hetero) is 5. The Hall–Kier alpha value is -7.60. The van der Waals surface area contributed by atoms with Crippen molar-refractivity contribution in [3.63, 3.8) is 0 Å². The van der Waals surface area contributed by atoms with Gasteiger partial charge in [-0.1, -0.05) is 154 Å². The van der Waals surface area contributed by atoms with Crippen molar-refractivity contribution >= 4 is 102 Å². The highest BCUT2D eigenvalue weighted by Crippen LogP contribution is 2.41. The molecular formula is C85H115Cl2N9O17S2. The van der Waals surface area contributed by atoms with Crippen LogP contribution in [0.4, 0.5) is 0 Å². The molecule has 4 aliphatic heterocycles. The molecule has 2 amide bonds. The lowest BCUT2D eigenvalue weighted by Crippen LogP contribution is -2.53. The van der Waals surface area contributed by atoms with Crippen LogP contribution < -0.4 is 24.7 Å². The first-order valence-corrected chi connectivity index (χ1v) is 44.7. The summed E-state index contributed by atoms with van der Waals surface area (Å²) in [4.78, 5) is 129. The van der Waals surface area contributed by atoms with Gasteiger partial charge < -0.3 is 40.3 Å². The fourth-order valence-electron chi connectivity index (χ4n) is 16.6. The van der Waals surface area contributed by atoms with Crippen molar-refractivity contribution < 1.29 is 80.0 Å². The Morgan fingerprint density at radius 3 is 1.32 bits per heavy atom. The number of hydrogen-bond donors (Lipinski definition) is 6. The van der Waals surface area contributed by atoms with Crippen LogP contribution in [0.5, 0.6) is 11.8 Å². The van der Waals surface area contributed by atoms with Gasteiger partial charge in [-0.3, -0.25) is 53.0 Å². The van der Waals surface area contributed by atoms with Crippen molar-refractivity contribution in [2.24, 2.45) is 68.0 Å². The molecule has 115 heavy (non-hydrogen) atoms. The zero-order chi connectivity index (χ0) is 83.4. The number of halogens is 2. The number of rotatable bonds is 32. The third-order valence-corrected chi connectivity index (χ3v) is 26.8. The van der Waals surface area contributed by atoms with E-state index in [0.717, 1.165) is 96.3 Å². The summed E-state index contributed by atoms with van der Waals surface area (Å²) < 4.78 is 67.2. The maximum Gasteiger partial charge on any atom is 0.328 e. The summed E-state index contributed by atoms with van der Waals surface area (Å²) in [6.07, 6.45) is 15.9. The van der Waals surface area contributed by atoms with Gasteiger partial charge in [0.1, 0.15) is 42.1 Å². The lowest BCUT2D eigenvalue weighted by Gasteiger charge is -2.36. The van der Waals surface area contributed by atoms with Gasteiger partial charge in [0.05, 0.1) is 51.1 Å². The summed E-state index contributed by atoms with van der Waals surface area (Å²) in [6, 6.07) is 15.4. The van der Waals surface area contributed by atoms with Crippen molar-refractivity contribution in [1.29, 1.82) is 0 Å². The number of ether oxygens (including phenoxy) is 2. The highest BCUT2D eigenvalue weighted by molar-refractivity contribution is 7.91. The van der Waals surface area contributed by atoms with E-state index in [1.165, 1.54) is 34.3 Å². The van der Waals surface area contributed by atoms with E-state index in [0.29, 0.717) is 71.0 Å². The van der Waals surface area contributed by atoms with Crippen LogP contribution in [0.2, 0.25) is 10.0 Å². The van der Waals surface area contributed by atoms with Gasteiger partial charge in [-0.25, -0.2) is 31.6 Å². The average Bonchev–Trinajstić information content (AvgIpc) is 1.65. The smallest absolute Gasteiger partial charge is 0.328 e. The number of amides is 2. The van der Waals surface area contributed by atoms with Crippen molar-refractivity contribution in [1.82, 2.24) is 29.2 Å². The molecule has 4 saturated carbocycles. The third-order valence-electron chi connectivity index (χ3n) is 23.6. The van der Waals surface area contributed by atoms with Crippen LogP contribution in [-0.4, -0.2) is 178 Å². The number of amidine groups is 2. The van der Waals surface area contributed by atoms with Gasteiger partial charge in [0.15, 0.2) is 35.0 Å². The number of aromatic nitrogens is 2. The molecule has 0 radical (unpaired) electrons. The number of aliphatic hydroxyl groups excluding tert-OH is 2. The van der Waals surface area contributed by atoms with Crippen LogP contribution >= 0.6 is 23.2 Å². The summed E-state index contributed by atoms with van der Waals surface area (Å²) >= 11 is 12.0. The number of fused-ring (bicyclic) bond motifs is 2. The molecule has 6 heterocycles. The number of aliphatic carboxylic acids is 1. The van der Waals surface area contributed by atoms with Gasteiger partial charge in [-0.2, -0.15) is 0 Å². The second-order valence-corrected chi connectivity index (χ2v) is 38.9. The number of carbonyl (C=O) groups excluding carboxylic acids is 7. The SMILES string of the molecule is CCC[C@H](CC(=O)[C@@H]1C[C@@H](Oc2ccc(Cl)cn2)CN1C(=O)[C@@H](CC(=O)[C@@H](N=C1NS(=O)(=O)c2ccccc21)C1CCCCC1)C(C)(C)C)C(O)C(=O)CC1CC1.CCC[C@H](CC(=O)[C@@H]1C[C@@H](Oc2ccc(Cl)cn2)CN1C(=O)[C@@H](N)C(C)(C)C)C(O)C(=O)CC1CC1.O=C(O)[C@@H](N=C1NS(=O)(=O)c2ccccc21)C1CCCCC1. The van der Waals surface area contributed by atoms with Crippen LogP contribution in [0.3, 0.4) is 0 Å². The van der Waals surface area contributed by atoms with Gasteiger partial charge in [0.2, 0.25) is 23.6 Å². The van der Waals surface area contributed by atoms with Gasteiger partial charge in [0, 0.05) is 86.5 Å². The lowest BCUT2D eigenvalue weighted by molar-refractivity contribution is -0.146. The van der Waals surface area contributed by atoms with E-state index in [2.05, 4.69) is 24.4 Å². The number of sulfonamides is 2. The number of ketones is 5. The van der Waals surface area contributed by atoms with E-state index < -0.39 is 109 Å². The zero-order valence-corrected chi connectivity index (χ0v) is 70.4. The molecule has 0 spiro atoms. The molecule has 8 aliphatic rings. The van der Waals surface area contributed by atoms with E-state index in [1.54, 1.807) is 60.7 Å². The van der Waals surface area contributed by atoms with E-state index in [1.807, 2.05) is 55.4 Å². The van der Waals surface area contributed by atoms with Crippen LogP contribution in [0.15, 0.2) is 105 Å². The second-order valence-electron chi connectivity index (χ2n) is 34.8. The first-order chi connectivity index (χ1) is 54.4. The summed E-state index contributed by atoms with van der Waals surface area (Å²) in [6.45, 7) is 15.5. The molecule has 2 unspecified atom stereocenters. The predicted molar refractivity (Wildman–Crippen MR) is 435 cm³/mol. The Kier molecular flexibility index (Phi) is 30.7. The molecule has 30 heteroatoms. The third kappa shape index (κ3) is 23.9. The monoisotopic (exact) mass is 1670 g/mol. The van der Waals surface area contributed by atoms with Crippen molar-refractivity contribution in [3.05, 3.63) is 106 Å². The molecule has 7 N–H and O–H groups in total. The maximum atomic E-state index is 15.0. The zero-order valence-electron chi connectivity index (χ0n) is 67.3. The molecule has 2 saturated heterocycles. The van der Waals surface area contributed by atoms with Gasteiger partial charge >= 0.3 is 5.97 Å². The normalized spacial score (nSPS) is 23.3. The summed E-state index contributed by atoms with van der Waals surface area (Å²) in [5, 5.41) is 32.3. The fraction of sp³-hybridized carbons (Fsp3) is 0.624. The second kappa shape index (κ2) is 39.3. The summed E-state index contributed by atoms with van der Waals surface area (Å²) in [5.41, 5.74) is 5.93. The van der Waals surface area contributed by atoms with Crippen molar-refractivity contribution in [2.75, 3.05) is 13.1 Å². The van der Waals surface area contributed by atoms with Crippen molar-refractivity contribution in [2.45, 2.75) is 280 Å². The number of aliphatic imine (C=N–C) groups is 2. The number of carboxylic acids is 1. The minimum atomic E-state index is -3.84. The Morgan fingerprint density at radius 2 is 0.948 bits per heavy atom. The highest BCUT2D eigenvalue weighted by Gasteiger charge is 2.50. The Balaban J connectivity index is 0.000000204. The van der Waals surface area contributed by atoms with Gasteiger partial charge in [-0.05, 0) is 147 Å². The van der Waals surface area contributed by atoms with Crippen LogP contribution in [-0.2, 0) is 58.4 Å². The Morgan fingerprint density at radius 1 is 0.548 bits per heavy atom. The van der Waals surface area contributed by atoms with E-state index >= 15 is 0 Å². The number of nitrogens with two attached hydrogens (primary N) is 1. The first-order valence-electron chi connectivity index (χ1n) is 41.0. The van der Waals surface area contributed by atoms with E-state index in [9.17, 15) is 70.5 Å². The molecule has 4 aliphatic carbocycles. The number of likely N-dealkylation sites (tertiary alicyclic amines) is 2. The molecule has 12 atom stereocenters. The molecule has 0 bridgehead atoms. The lowest BCUT2D eigenvalue weighted by atomic mass is 9.74. The number of benzene rings is 2. The van der Waals surface area contributed by atoms with Crippen LogP contribution in [0, 0.1) is 52.3 Å². The largest absolute Gasteiger partial charge is 0.480 e. The van der Waals surface area contributed by atoms with E-state index in [-0.39, 0.29) is 125 Å². The molecule has 6 fully saturated rings. The number of nitrogens with zero attached hydrogens (tertiary/aromatic N) is 6. The van der Waals surface area contributed by atoms with Crippen LogP contribution in [0.25, 0.3) is 0 Å². The molecule has 12 rings (SSSR count). The number of carboxylic acid groups (broad SMARTS) is 1. The predicted octanol–water partition coefficient (Wildman–Crippen LogP) is 11.8. The standard InChI is InChI=1S/C43H57ClN4O8S.C27H40ClN3O5.C15H18N2O4S/c1-5-11-28(40(52)36(51)20-26-16-17-26)21-34(49)33-22-30(56-38-19-18-29(44)24-45-38)25-48(33)42(53)32(43(2,3)4)23-35(50)39(27-12-7-6-8-13-27)46-41-31-14-9-10-15-37(31)57(54,55)47-41;1-5-6-17(24(34)22(33)11-16-7-8-16)12-21(32)20-13-19(36-23-10-9-18(28)14-30-23)15-31(20)26(35)25(29)27(2,3)4;18-15(19)13(10-6-2-1-3-7-10)16-14-11-8-4-5-9-12(11)22(20,21)17-14/h9-10,14-15,18-19,24,26-28,30,32-33,39-40,52H,5-8,11-13,16-17,20-23,25H2,1-4H3,(H,46,47);9-10,14,16-17,19-20,24-25,34H,5-8,11-13,15,29H2,1-4H3;4-5,8-10,13H,1-3,6-7H2,(H,16,17)(H,18,19)/t28-,30-,32-,33+,39+,40?;17-,19-,20+,24?,25-;13-/m110/s1. The summed E-state index contributed by atoms with van der Waals surface area (Å²) in [5.74, 6) is -3.30. The van der Waals surface area contributed by atoms with Gasteiger partial charge in [0.25, 0.3) is 20.0 Å².